The average Bonchev–Trinajstić information content (AvgIpc) is 3.19. The molecule has 1 heterocycles. The number of aliphatic carboxylic acids is 1. The van der Waals surface area contributed by atoms with Crippen molar-refractivity contribution >= 4 is 23.6 Å². The molecule has 1 N–H and O–H groups in total. The summed E-state index contributed by atoms with van der Waals surface area (Å²) in [4.78, 5) is 26.5. The van der Waals surface area contributed by atoms with E-state index in [-0.39, 0.29) is 28.9 Å². The minimum Gasteiger partial charge on any atom is -0.480 e. The van der Waals surface area contributed by atoms with Crippen LogP contribution in [0.3, 0.4) is 0 Å². The second-order valence-electron chi connectivity index (χ2n) is 9.46. The summed E-state index contributed by atoms with van der Waals surface area (Å²) in [7, 11) is 0. The number of thioether (sulfide) groups is 1. The molecule has 1 aliphatic rings. The van der Waals surface area contributed by atoms with Gasteiger partial charge in [0.1, 0.15) is 22.9 Å². The van der Waals surface area contributed by atoms with Crippen molar-refractivity contribution in [2.24, 2.45) is 0 Å². The summed E-state index contributed by atoms with van der Waals surface area (Å²) in [6, 6.07) is 24.1. The number of hydrogen-bond donors (Lipinski definition) is 1. The van der Waals surface area contributed by atoms with E-state index >= 15 is 0 Å². The van der Waals surface area contributed by atoms with Crippen LogP contribution in [0.1, 0.15) is 42.8 Å². The van der Waals surface area contributed by atoms with E-state index in [1.165, 1.54) is 22.2 Å². The van der Waals surface area contributed by atoms with Gasteiger partial charge in [-0.2, -0.15) is 0 Å². The molecule has 4 rings (SSSR count). The summed E-state index contributed by atoms with van der Waals surface area (Å²) in [5.41, 5.74) is 3.02. The molecular weight excluding hydrogens is 446 g/mol. The van der Waals surface area contributed by atoms with Crippen LogP contribution in [0.2, 0.25) is 0 Å². The fourth-order valence-corrected chi connectivity index (χ4v) is 5.28. The number of carbonyl (C=O) groups excluding carboxylic acids is 1. The van der Waals surface area contributed by atoms with Crippen molar-refractivity contribution in [3.8, 4) is 11.5 Å². The van der Waals surface area contributed by atoms with E-state index in [9.17, 15) is 14.7 Å². The van der Waals surface area contributed by atoms with Gasteiger partial charge < -0.3 is 14.7 Å². The first kappa shape index (κ1) is 23.9. The summed E-state index contributed by atoms with van der Waals surface area (Å²) in [5.74, 6) is 0.460. The summed E-state index contributed by atoms with van der Waals surface area (Å²) in [6.07, 6.45) is 0.259. The Bertz CT molecular complexity index is 1160. The zero-order valence-corrected chi connectivity index (χ0v) is 20.4. The maximum absolute atomic E-state index is 12.8. The number of rotatable bonds is 7. The number of amides is 1. The molecule has 0 spiro atoms. The molecule has 176 valence electrons. The summed E-state index contributed by atoms with van der Waals surface area (Å²) in [5, 5.41) is 9.59. The fraction of sp³-hybridized carbons (Fsp3) is 0.286. The zero-order valence-electron chi connectivity index (χ0n) is 19.6. The molecule has 1 unspecified atom stereocenters. The monoisotopic (exact) mass is 475 g/mol. The number of carboxylic acid groups (broad SMARTS) is 1. The van der Waals surface area contributed by atoms with Crippen molar-refractivity contribution < 1.29 is 19.4 Å². The molecule has 0 aliphatic carbocycles. The van der Waals surface area contributed by atoms with Crippen molar-refractivity contribution in [3.05, 3.63) is 95.6 Å². The standard InChI is InChI=1S/C28H29NO4S/c1-28(2,3)21-12-14-22(15-13-21)33-23-11-7-10-20(17-23)26-29(25(30)18-34-26)24(27(31)32)16-19-8-5-4-6-9-19/h4-15,17,24,26H,16,18H2,1-3H3,(H,31,32)/t24-,26?/m0/s1. The van der Waals surface area contributed by atoms with E-state index in [4.69, 9.17) is 4.74 Å². The van der Waals surface area contributed by atoms with Crippen molar-refractivity contribution in [2.75, 3.05) is 5.75 Å². The van der Waals surface area contributed by atoms with Gasteiger partial charge in [-0.25, -0.2) is 4.79 Å². The van der Waals surface area contributed by atoms with Crippen LogP contribution in [0, 0.1) is 0 Å². The number of ether oxygens (including phenoxy) is 1. The van der Waals surface area contributed by atoms with Crippen LogP contribution in [0.4, 0.5) is 0 Å². The van der Waals surface area contributed by atoms with Crippen molar-refractivity contribution in [2.45, 2.75) is 44.0 Å². The number of hydrogen-bond acceptors (Lipinski definition) is 4. The molecular formula is C28H29NO4S. The van der Waals surface area contributed by atoms with Crippen LogP contribution in [0.5, 0.6) is 11.5 Å². The average molecular weight is 476 g/mol. The Kier molecular flexibility index (Phi) is 6.98. The molecule has 3 aromatic carbocycles. The van der Waals surface area contributed by atoms with Gasteiger partial charge in [0, 0.05) is 6.42 Å². The molecule has 1 amide bonds. The van der Waals surface area contributed by atoms with Gasteiger partial charge in [0.15, 0.2) is 0 Å². The third kappa shape index (κ3) is 5.45. The van der Waals surface area contributed by atoms with Crippen LogP contribution >= 0.6 is 11.8 Å². The molecule has 34 heavy (non-hydrogen) atoms. The van der Waals surface area contributed by atoms with Crippen LogP contribution < -0.4 is 4.74 Å². The molecule has 3 aromatic rings. The third-order valence-electron chi connectivity index (χ3n) is 5.90. The maximum atomic E-state index is 12.8. The number of carboxylic acids is 1. The molecule has 5 nitrogen and oxygen atoms in total. The van der Waals surface area contributed by atoms with Gasteiger partial charge in [0.05, 0.1) is 5.75 Å². The highest BCUT2D eigenvalue weighted by Crippen LogP contribution is 2.42. The van der Waals surface area contributed by atoms with Gasteiger partial charge >= 0.3 is 5.97 Å². The van der Waals surface area contributed by atoms with Gasteiger partial charge in [0.25, 0.3) is 0 Å². The van der Waals surface area contributed by atoms with E-state index in [1.54, 1.807) is 0 Å². The Morgan fingerprint density at radius 1 is 1.03 bits per heavy atom. The van der Waals surface area contributed by atoms with Gasteiger partial charge in [-0.1, -0.05) is 75.4 Å². The van der Waals surface area contributed by atoms with Gasteiger partial charge in [-0.3, -0.25) is 4.79 Å². The lowest BCUT2D eigenvalue weighted by Crippen LogP contribution is -2.45. The zero-order chi connectivity index (χ0) is 24.3. The van der Waals surface area contributed by atoms with E-state index in [0.717, 1.165) is 16.9 Å². The van der Waals surface area contributed by atoms with E-state index in [2.05, 4.69) is 32.9 Å². The van der Waals surface area contributed by atoms with Crippen LogP contribution in [0.25, 0.3) is 0 Å². The highest BCUT2D eigenvalue weighted by Gasteiger charge is 2.41. The molecule has 0 radical (unpaired) electrons. The number of carbonyl (C=O) groups is 2. The topological polar surface area (TPSA) is 66.8 Å². The van der Waals surface area contributed by atoms with Gasteiger partial charge in [-0.15, -0.1) is 11.8 Å². The third-order valence-corrected chi connectivity index (χ3v) is 7.13. The molecule has 0 aromatic heterocycles. The Balaban J connectivity index is 1.56. The molecule has 0 bridgehead atoms. The Labute approximate surface area is 204 Å². The largest absolute Gasteiger partial charge is 0.480 e. The predicted molar refractivity (Wildman–Crippen MR) is 135 cm³/mol. The molecule has 1 fully saturated rings. The molecule has 1 saturated heterocycles. The lowest BCUT2D eigenvalue weighted by Gasteiger charge is -2.30. The highest BCUT2D eigenvalue weighted by atomic mass is 32.2. The first-order valence-corrected chi connectivity index (χ1v) is 12.3. The maximum Gasteiger partial charge on any atom is 0.326 e. The van der Waals surface area contributed by atoms with Crippen molar-refractivity contribution in [1.29, 1.82) is 0 Å². The molecule has 2 atom stereocenters. The lowest BCUT2D eigenvalue weighted by atomic mass is 9.87. The number of nitrogens with zero attached hydrogens (tertiary/aromatic N) is 1. The van der Waals surface area contributed by atoms with E-state index < -0.39 is 12.0 Å². The first-order chi connectivity index (χ1) is 16.2. The molecule has 0 saturated carbocycles. The fourth-order valence-electron chi connectivity index (χ4n) is 4.06. The number of benzene rings is 3. The molecule has 6 heteroatoms. The van der Waals surface area contributed by atoms with Gasteiger partial charge in [0.2, 0.25) is 5.91 Å². The quantitative estimate of drug-likeness (QED) is 0.451. The second kappa shape index (κ2) is 9.94. The second-order valence-corrected chi connectivity index (χ2v) is 10.5. The van der Waals surface area contributed by atoms with Gasteiger partial charge in [-0.05, 0) is 46.4 Å². The van der Waals surface area contributed by atoms with Crippen molar-refractivity contribution in [1.82, 2.24) is 4.90 Å². The first-order valence-electron chi connectivity index (χ1n) is 11.3. The Morgan fingerprint density at radius 3 is 2.38 bits per heavy atom. The summed E-state index contributed by atoms with van der Waals surface area (Å²) < 4.78 is 6.08. The van der Waals surface area contributed by atoms with E-state index in [0.29, 0.717) is 5.75 Å². The Hall–Kier alpha value is -3.25. The summed E-state index contributed by atoms with van der Waals surface area (Å²) in [6.45, 7) is 6.50. The predicted octanol–water partition coefficient (Wildman–Crippen LogP) is 6.05. The lowest BCUT2D eigenvalue weighted by molar-refractivity contribution is -0.149. The molecule has 1 aliphatic heterocycles. The SMILES string of the molecule is CC(C)(C)c1ccc(Oc2cccc(C3SCC(=O)N3[C@@H](Cc3ccccc3)C(=O)O)c2)cc1. The Morgan fingerprint density at radius 2 is 1.74 bits per heavy atom. The van der Waals surface area contributed by atoms with Crippen LogP contribution in [0.15, 0.2) is 78.9 Å². The smallest absolute Gasteiger partial charge is 0.326 e. The van der Waals surface area contributed by atoms with Crippen LogP contribution in [-0.2, 0) is 21.4 Å². The summed E-state index contributed by atoms with van der Waals surface area (Å²) >= 11 is 1.45. The normalized spacial score (nSPS) is 17.0. The minimum absolute atomic E-state index is 0.0641. The van der Waals surface area contributed by atoms with Crippen molar-refractivity contribution in [3.63, 3.8) is 0 Å². The van der Waals surface area contributed by atoms with Crippen LogP contribution in [-0.4, -0.2) is 33.7 Å². The minimum atomic E-state index is -1.00. The van der Waals surface area contributed by atoms with E-state index in [1.807, 2.05) is 66.7 Å². The highest BCUT2D eigenvalue weighted by molar-refractivity contribution is 8.00.